The van der Waals surface area contributed by atoms with E-state index in [4.69, 9.17) is 9.47 Å². The number of nitroso groups, excluding NO2 is 1. The summed E-state index contributed by atoms with van der Waals surface area (Å²) in [6.45, 7) is 7.19. The fourth-order valence-corrected chi connectivity index (χ4v) is 2.54. The van der Waals surface area contributed by atoms with Gasteiger partial charge in [-0.15, -0.1) is 0 Å². The molecule has 0 radical (unpaired) electrons. The minimum atomic E-state index is -0.489. The number of hydrogen-bond donors (Lipinski definition) is 0. The normalized spacial score (nSPS) is 10.3. The van der Waals surface area contributed by atoms with Crippen molar-refractivity contribution in [3.8, 4) is 16.9 Å². The second kappa shape index (κ2) is 9.62. The zero-order chi connectivity index (χ0) is 19.8. The van der Waals surface area contributed by atoms with Gasteiger partial charge >= 0.3 is 5.97 Å². The van der Waals surface area contributed by atoms with Gasteiger partial charge in [-0.1, -0.05) is 41.6 Å². The molecule has 0 aromatic heterocycles. The summed E-state index contributed by atoms with van der Waals surface area (Å²) in [7, 11) is 0. The summed E-state index contributed by atoms with van der Waals surface area (Å²) in [5.41, 5.74) is 3.17. The highest BCUT2D eigenvalue weighted by atomic mass is 19.1. The van der Waals surface area contributed by atoms with Gasteiger partial charge in [0.15, 0.2) is 0 Å². The molecular weight excluding hydrogens is 349 g/mol. The molecule has 0 amide bonds. The number of ether oxygens (including phenoxy) is 2. The Labute approximate surface area is 157 Å². The number of aryl methyl sites for hydroxylation is 1. The Hall–Kier alpha value is -3.02. The van der Waals surface area contributed by atoms with Crippen LogP contribution in [0.15, 0.2) is 53.7 Å². The molecule has 0 bridgehead atoms. The zero-order valence-corrected chi connectivity index (χ0v) is 15.5. The number of halogens is 1. The van der Waals surface area contributed by atoms with Crippen molar-refractivity contribution in [1.29, 1.82) is 0 Å². The van der Waals surface area contributed by atoms with Crippen molar-refractivity contribution in [2.24, 2.45) is 5.18 Å². The second-order valence-electron chi connectivity index (χ2n) is 6.17. The van der Waals surface area contributed by atoms with Crippen LogP contribution in [0.3, 0.4) is 0 Å². The second-order valence-corrected chi connectivity index (χ2v) is 6.17. The highest BCUT2D eigenvalue weighted by Crippen LogP contribution is 2.31. The summed E-state index contributed by atoms with van der Waals surface area (Å²) in [5, 5.41) is 2.72. The summed E-state index contributed by atoms with van der Waals surface area (Å²) < 4.78 is 25.4. The van der Waals surface area contributed by atoms with E-state index >= 15 is 0 Å². The Morgan fingerprint density at radius 1 is 1.19 bits per heavy atom. The molecule has 5 nitrogen and oxygen atoms in total. The lowest BCUT2D eigenvalue weighted by Crippen LogP contribution is -2.09. The van der Waals surface area contributed by atoms with E-state index in [0.29, 0.717) is 28.9 Å². The van der Waals surface area contributed by atoms with E-state index in [9.17, 15) is 14.1 Å². The predicted octanol–water partition coefficient (Wildman–Crippen LogP) is 4.61. The summed E-state index contributed by atoms with van der Waals surface area (Å²) in [5.74, 6) is -0.637. The largest absolute Gasteiger partial charge is 0.491 e. The molecule has 0 saturated heterocycles. The molecule has 142 valence electrons. The average Bonchev–Trinajstić information content (AvgIpc) is 2.63. The maximum absolute atomic E-state index is 14.8. The number of benzene rings is 2. The molecule has 0 atom stereocenters. The predicted molar refractivity (Wildman–Crippen MR) is 102 cm³/mol. The third-order valence-corrected chi connectivity index (χ3v) is 3.89. The van der Waals surface area contributed by atoms with Gasteiger partial charge in [0.25, 0.3) is 0 Å². The van der Waals surface area contributed by atoms with E-state index in [1.807, 2.05) is 31.2 Å². The maximum atomic E-state index is 14.8. The number of carbonyl (C=O) groups is 1. The Morgan fingerprint density at radius 3 is 2.52 bits per heavy atom. The first-order valence-electron chi connectivity index (χ1n) is 8.56. The summed E-state index contributed by atoms with van der Waals surface area (Å²) in [6, 6.07) is 10.5. The van der Waals surface area contributed by atoms with Crippen molar-refractivity contribution in [1.82, 2.24) is 0 Å². The van der Waals surface area contributed by atoms with Crippen molar-refractivity contribution in [2.75, 3.05) is 19.8 Å². The van der Waals surface area contributed by atoms with E-state index in [1.165, 1.54) is 6.07 Å². The molecular formula is C21H22FNO4. The van der Waals surface area contributed by atoms with Crippen molar-refractivity contribution in [3.63, 3.8) is 0 Å². The summed E-state index contributed by atoms with van der Waals surface area (Å²) in [4.78, 5) is 21.8. The van der Waals surface area contributed by atoms with Crippen LogP contribution in [0.4, 0.5) is 4.39 Å². The number of carbonyl (C=O) groups excluding carboxylic acids is 1. The number of nitrogens with zero attached hydrogens (tertiary/aromatic N) is 1. The third kappa shape index (κ3) is 5.74. The zero-order valence-electron chi connectivity index (χ0n) is 15.5. The van der Waals surface area contributed by atoms with Gasteiger partial charge in [0, 0.05) is 23.6 Å². The van der Waals surface area contributed by atoms with Gasteiger partial charge in [0.2, 0.25) is 0 Å². The molecule has 0 saturated carbocycles. The molecule has 0 heterocycles. The van der Waals surface area contributed by atoms with E-state index in [1.54, 1.807) is 13.0 Å². The Balaban J connectivity index is 2.31. The SMILES string of the molecule is C=C(C)C(=O)OCCc1cc(OCCN=O)cc(F)c1-c1ccc(C)cc1. The van der Waals surface area contributed by atoms with E-state index in [0.717, 1.165) is 11.1 Å². The fourth-order valence-electron chi connectivity index (χ4n) is 2.54. The lowest BCUT2D eigenvalue weighted by atomic mass is 9.96. The van der Waals surface area contributed by atoms with Crippen LogP contribution in [-0.4, -0.2) is 25.7 Å². The quantitative estimate of drug-likeness (QED) is 0.279. The molecule has 6 heteroatoms. The molecule has 0 aliphatic heterocycles. The smallest absolute Gasteiger partial charge is 0.333 e. The molecule has 0 fully saturated rings. The summed E-state index contributed by atoms with van der Waals surface area (Å²) in [6.07, 6.45) is 0.308. The average molecular weight is 371 g/mol. The molecule has 2 aromatic rings. The standard InChI is InChI=1S/C21H22FNO4/c1-14(2)21(24)27-10-8-17-12-18(26-11-9-23-25)13-19(22)20(17)16-6-4-15(3)5-7-16/h4-7,12-13H,1,8-11H2,2-3H3. The molecule has 0 N–H and O–H groups in total. The van der Waals surface area contributed by atoms with Gasteiger partial charge in [0.05, 0.1) is 6.61 Å². The Kier molecular flexibility index (Phi) is 7.23. The molecule has 0 aliphatic rings. The van der Waals surface area contributed by atoms with Crippen LogP contribution in [0.5, 0.6) is 5.75 Å². The Bertz CT molecular complexity index is 831. The van der Waals surface area contributed by atoms with Gasteiger partial charge in [-0.05, 0) is 31.0 Å². The van der Waals surface area contributed by atoms with Crippen molar-refractivity contribution < 1.29 is 18.7 Å². The van der Waals surface area contributed by atoms with E-state index in [-0.39, 0.29) is 19.8 Å². The molecule has 2 aromatic carbocycles. The van der Waals surface area contributed by atoms with Crippen LogP contribution in [0.1, 0.15) is 18.1 Å². The minimum absolute atomic E-state index is 0.0209. The highest BCUT2D eigenvalue weighted by Gasteiger charge is 2.15. The fraction of sp³-hybridized carbons (Fsp3) is 0.286. The molecule has 27 heavy (non-hydrogen) atoms. The van der Waals surface area contributed by atoms with Crippen molar-refractivity contribution >= 4 is 5.97 Å². The minimum Gasteiger partial charge on any atom is -0.491 e. The van der Waals surface area contributed by atoms with E-state index < -0.39 is 11.8 Å². The lowest BCUT2D eigenvalue weighted by Gasteiger charge is -2.15. The Morgan fingerprint density at radius 2 is 1.89 bits per heavy atom. The first kappa shape index (κ1) is 20.3. The third-order valence-electron chi connectivity index (χ3n) is 3.89. The molecule has 2 rings (SSSR count). The monoisotopic (exact) mass is 371 g/mol. The van der Waals surface area contributed by atoms with Gasteiger partial charge < -0.3 is 9.47 Å². The molecule has 0 aliphatic carbocycles. The highest BCUT2D eigenvalue weighted by molar-refractivity contribution is 5.86. The van der Waals surface area contributed by atoms with Crippen LogP contribution in [0.25, 0.3) is 11.1 Å². The summed E-state index contributed by atoms with van der Waals surface area (Å²) >= 11 is 0. The van der Waals surface area contributed by atoms with Crippen LogP contribution >= 0.6 is 0 Å². The molecule has 0 spiro atoms. The maximum Gasteiger partial charge on any atom is 0.333 e. The van der Waals surface area contributed by atoms with Crippen LogP contribution in [0, 0.1) is 17.6 Å². The lowest BCUT2D eigenvalue weighted by molar-refractivity contribution is -0.138. The van der Waals surface area contributed by atoms with Gasteiger partial charge in [0.1, 0.15) is 24.7 Å². The van der Waals surface area contributed by atoms with Crippen LogP contribution in [-0.2, 0) is 16.0 Å². The first-order valence-corrected chi connectivity index (χ1v) is 8.56. The van der Waals surface area contributed by atoms with Crippen LogP contribution < -0.4 is 4.74 Å². The van der Waals surface area contributed by atoms with Gasteiger partial charge in [-0.2, -0.15) is 4.91 Å². The first-order chi connectivity index (χ1) is 12.9. The van der Waals surface area contributed by atoms with Crippen molar-refractivity contribution in [3.05, 3.63) is 70.4 Å². The van der Waals surface area contributed by atoms with Gasteiger partial charge in [-0.3, -0.25) is 0 Å². The number of rotatable bonds is 9. The van der Waals surface area contributed by atoms with E-state index in [2.05, 4.69) is 11.8 Å². The van der Waals surface area contributed by atoms with Crippen molar-refractivity contribution in [2.45, 2.75) is 20.3 Å². The topological polar surface area (TPSA) is 65.0 Å². The number of hydrogen-bond acceptors (Lipinski definition) is 5. The van der Waals surface area contributed by atoms with Crippen LogP contribution in [0.2, 0.25) is 0 Å². The number of esters is 1. The van der Waals surface area contributed by atoms with Gasteiger partial charge in [-0.25, -0.2) is 9.18 Å². The molecule has 0 unspecified atom stereocenters.